The van der Waals surface area contributed by atoms with E-state index in [-0.39, 0.29) is 22.0 Å². The van der Waals surface area contributed by atoms with Crippen LogP contribution in [0.4, 0.5) is 4.39 Å². The van der Waals surface area contributed by atoms with Crippen molar-refractivity contribution in [1.29, 1.82) is 0 Å². The molecule has 190 valence electrons. The van der Waals surface area contributed by atoms with E-state index in [1.165, 1.54) is 35.2 Å². The van der Waals surface area contributed by atoms with Crippen LogP contribution in [0.5, 0.6) is 0 Å². The third-order valence-corrected chi connectivity index (χ3v) is 7.57. The fourth-order valence-corrected chi connectivity index (χ4v) is 5.00. The van der Waals surface area contributed by atoms with Gasteiger partial charge in [-0.2, -0.15) is 0 Å². The zero-order valence-electron chi connectivity index (χ0n) is 20.2. The van der Waals surface area contributed by atoms with Crippen molar-refractivity contribution in [3.63, 3.8) is 0 Å². The molecule has 8 nitrogen and oxygen atoms in total. The second-order valence-corrected chi connectivity index (χ2v) is 11.2. The van der Waals surface area contributed by atoms with Crippen molar-refractivity contribution in [3.05, 3.63) is 101 Å². The van der Waals surface area contributed by atoms with Gasteiger partial charge in [0.15, 0.2) is 9.84 Å². The van der Waals surface area contributed by atoms with Crippen LogP contribution in [0.2, 0.25) is 0 Å². The number of sulfone groups is 1. The van der Waals surface area contributed by atoms with Crippen LogP contribution in [-0.2, 0) is 16.3 Å². The minimum Gasteiger partial charge on any atom is -0.313 e. The molecule has 0 saturated heterocycles. The molecular formula is C27H26FN5O3S. The minimum absolute atomic E-state index is 0.181. The summed E-state index contributed by atoms with van der Waals surface area (Å²) in [6.45, 7) is 0.774. The first-order valence-corrected chi connectivity index (χ1v) is 13.9. The Morgan fingerprint density at radius 1 is 1.05 bits per heavy atom. The summed E-state index contributed by atoms with van der Waals surface area (Å²) in [7, 11) is -3.35. The van der Waals surface area contributed by atoms with Crippen molar-refractivity contribution in [3.8, 4) is 16.9 Å². The second kappa shape index (κ2) is 10.3. The van der Waals surface area contributed by atoms with Gasteiger partial charge < -0.3 is 5.32 Å². The van der Waals surface area contributed by atoms with Crippen LogP contribution in [0.1, 0.15) is 30.0 Å². The third kappa shape index (κ3) is 5.81. The maximum Gasteiger partial charge on any atom is 0.281 e. The molecule has 0 amide bonds. The molecule has 0 spiro atoms. The first-order valence-electron chi connectivity index (χ1n) is 12.0. The van der Waals surface area contributed by atoms with Crippen LogP contribution < -0.4 is 10.9 Å². The minimum atomic E-state index is -3.35. The Hall–Kier alpha value is -3.76. The van der Waals surface area contributed by atoms with Crippen LogP contribution in [0.3, 0.4) is 0 Å². The fraction of sp³-hybridized carbons (Fsp3) is 0.259. The molecule has 4 aromatic rings. The summed E-state index contributed by atoms with van der Waals surface area (Å²) in [5.74, 6) is 0.177. The molecule has 0 radical (unpaired) electrons. The molecule has 1 saturated carbocycles. The first kappa shape index (κ1) is 24.9. The van der Waals surface area contributed by atoms with Crippen molar-refractivity contribution in [2.75, 3.05) is 12.8 Å². The summed E-state index contributed by atoms with van der Waals surface area (Å²) in [6, 6.07) is 13.2. The highest BCUT2D eigenvalue weighted by molar-refractivity contribution is 7.90. The van der Waals surface area contributed by atoms with Crippen molar-refractivity contribution in [1.82, 2.24) is 24.8 Å². The summed E-state index contributed by atoms with van der Waals surface area (Å²) in [5.41, 5.74) is 2.80. The Bertz CT molecular complexity index is 1560. The van der Waals surface area contributed by atoms with E-state index in [0.717, 1.165) is 36.9 Å². The normalized spacial score (nSPS) is 17.0. The molecule has 0 bridgehead atoms. The number of nitrogens with one attached hydrogen (secondary N) is 1. The topological polar surface area (TPSA) is 107 Å². The van der Waals surface area contributed by atoms with Crippen molar-refractivity contribution in [2.45, 2.75) is 36.1 Å². The average Bonchev–Trinajstić information content (AvgIpc) is 3.67. The van der Waals surface area contributed by atoms with Crippen LogP contribution in [0.25, 0.3) is 16.9 Å². The van der Waals surface area contributed by atoms with Crippen molar-refractivity contribution >= 4 is 9.84 Å². The molecule has 1 fully saturated rings. The molecule has 0 unspecified atom stereocenters. The Morgan fingerprint density at radius 3 is 2.43 bits per heavy atom. The Balaban J connectivity index is 1.32. The maximum absolute atomic E-state index is 13.3. The van der Waals surface area contributed by atoms with Crippen LogP contribution >= 0.6 is 0 Å². The molecule has 1 aliphatic carbocycles. The molecule has 2 aromatic carbocycles. The monoisotopic (exact) mass is 519 g/mol. The largest absolute Gasteiger partial charge is 0.313 e. The number of aromatic nitrogens is 4. The number of halogens is 1. The van der Waals surface area contributed by atoms with E-state index in [1.54, 1.807) is 30.7 Å². The molecule has 2 aromatic heterocycles. The highest BCUT2D eigenvalue weighted by atomic mass is 32.2. The molecule has 0 aliphatic heterocycles. The number of rotatable bonds is 9. The molecule has 2 atom stereocenters. The van der Waals surface area contributed by atoms with E-state index in [9.17, 15) is 17.6 Å². The van der Waals surface area contributed by atoms with Gasteiger partial charge in [-0.05, 0) is 67.8 Å². The fourth-order valence-electron chi connectivity index (χ4n) is 4.37. The predicted molar refractivity (Wildman–Crippen MR) is 138 cm³/mol. The van der Waals surface area contributed by atoms with Crippen molar-refractivity contribution < 1.29 is 12.8 Å². The SMILES string of the molecule is CS(=O)(=O)c1ccc(-n2cc(CCCN[C@@H]3C[C@H]3c3ccc(F)cc3)nc(-c3cncnc3)c2=O)cc1. The van der Waals surface area contributed by atoms with Gasteiger partial charge in [0.05, 0.1) is 10.6 Å². The summed E-state index contributed by atoms with van der Waals surface area (Å²) >= 11 is 0. The first-order chi connectivity index (χ1) is 17.8. The summed E-state index contributed by atoms with van der Waals surface area (Å²) in [4.78, 5) is 26.1. The van der Waals surface area contributed by atoms with E-state index in [0.29, 0.717) is 29.6 Å². The molecular weight excluding hydrogens is 493 g/mol. The Morgan fingerprint density at radius 2 is 1.76 bits per heavy atom. The number of aryl methyl sites for hydroxylation is 1. The van der Waals surface area contributed by atoms with Crippen molar-refractivity contribution in [2.24, 2.45) is 0 Å². The summed E-state index contributed by atoms with van der Waals surface area (Å²) < 4.78 is 38.3. The molecule has 1 N–H and O–H groups in total. The van der Waals surface area contributed by atoms with Crippen LogP contribution in [0.15, 0.2) is 83.1 Å². The average molecular weight is 520 g/mol. The van der Waals surface area contributed by atoms with E-state index in [2.05, 4.69) is 20.3 Å². The van der Waals surface area contributed by atoms with Crippen LogP contribution in [-0.4, -0.2) is 46.8 Å². The van der Waals surface area contributed by atoms with E-state index < -0.39 is 9.84 Å². The van der Waals surface area contributed by atoms with Gasteiger partial charge in [-0.25, -0.2) is 27.8 Å². The molecule has 2 heterocycles. The Labute approximate surface area is 214 Å². The van der Waals surface area contributed by atoms with Gasteiger partial charge in [0.25, 0.3) is 5.56 Å². The number of benzene rings is 2. The van der Waals surface area contributed by atoms with E-state index in [4.69, 9.17) is 0 Å². The van der Waals surface area contributed by atoms with E-state index in [1.807, 2.05) is 12.1 Å². The second-order valence-electron chi connectivity index (χ2n) is 9.21. The quantitative estimate of drug-likeness (QED) is 0.338. The van der Waals surface area contributed by atoms with Gasteiger partial charge in [0, 0.05) is 48.1 Å². The van der Waals surface area contributed by atoms with Gasteiger partial charge >= 0.3 is 0 Å². The lowest BCUT2D eigenvalue weighted by molar-refractivity contribution is 0.602. The summed E-state index contributed by atoms with van der Waals surface area (Å²) in [6.07, 6.45) is 9.77. The highest BCUT2D eigenvalue weighted by Gasteiger charge is 2.37. The lowest BCUT2D eigenvalue weighted by Gasteiger charge is -2.12. The molecule has 5 rings (SSSR count). The molecule has 10 heteroatoms. The predicted octanol–water partition coefficient (Wildman–Crippen LogP) is 3.31. The lowest BCUT2D eigenvalue weighted by Crippen LogP contribution is -2.24. The van der Waals surface area contributed by atoms with Gasteiger partial charge in [0.2, 0.25) is 0 Å². The molecule has 1 aliphatic rings. The van der Waals surface area contributed by atoms with Crippen LogP contribution in [0, 0.1) is 5.82 Å². The number of hydrogen-bond acceptors (Lipinski definition) is 7. The lowest BCUT2D eigenvalue weighted by atomic mass is 10.1. The van der Waals surface area contributed by atoms with Gasteiger partial charge in [-0.3, -0.25) is 9.36 Å². The zero-order chi connectivity index (χ0) is 26.0. The standard InChI is InChI=1S/C27H26FN5O3S/c1-37(35,36)23-10-8-22(9-11-23)33-16-21(32-26(27(33)34)19-14-29-17-30-15-19)3-2-12-31-25-13-24(25)18-4-6-20(28)7-5-18/h4-11,14-17,24-25,31H,2-3,12-13H2,1H3/t24-,25+/m0/s1. The van der Waals surface area contributed by atoms with Gasteiger partial charge in [0.1, 0.15) is 17.8 Å². The molecule has 37 heavy (non-hydrogen) atoms. The van der Waals surface area contributed by atoms with E-state index >= 15 is 0 Å². The Kier molecular flexibility index (Phi) is 6.94. The zero-order valence-corrected chi connectivity index (χ0v) is 21.0. The number of nitrogens with zero attached hydrogens (tertiary/aromatic N) is 4. The smallest absolute Gasteiger partial charge is 0.281 e. The third-order valence-electron chi connectivity index (χ3n) is 6.44. The van der Waals surface area contributed by atoms with Gasteiger partial charge in [-0.15, -0.1) is 0 Å². The van der Waals surface area contributed by atoms with Gasteiger partial charge in [-0.1, -0.05) is 12.1 Å². The highest BCUT2D eigenvalue weighted by Crippen LogP contribution is 2.40. The maximum atomic E-state index is 13.3. The summed E-state index contributed by atoms with van der Waals surface area (Å²) in [5, 5.41) is 3.55. The number of hydrogen-bond donors (Lipinski definition) is 1.